The van der Waals surface area contributed by atoms with Crippen molar-refractivity contribution in [2.24, 2.45) is 0 Å². The van der Waals surface area contributed by atoms with Crippen LogP contribution in [-0.4, -0.2) is 20.9 Å². The van der Waals surface area contributed by atoms with Crippen LogP contribution in [0.1, 0.15) is 12.0 Å². The monoisotopic (exact) mass is 389 g/mol. The molecule has 0 spiro atoms. The van der Waals surface area contributed by atoms with E-state index in [0.29, 0.717) is 5.56 Å². The Morgan fingerprint density at radius 1 is 1.16 bits per heavy atom. The Bertz CT molecular complexity index is 874. The van der Waals surface area contributed by atoms with E-state index in [1.807, 2.05) is 0 Å². The summed E-state index contributed by atoms with van der Waals surface area (Å²) in [5.41, 5.74) is 0.481. The molecule has 0 saturated carbocycles. The Morgan fingerprint density at radius 2 is 1.92 bits per heavy atom. The van der Waals surface area contributed by atoms with Crippen molar-refractivity contribution in [1.29, 1.82) is 0 Å². The molecule has 0 aliphatic heterocycles. The van der Waals surface area contributed by atoms with Gasteiger partial charge in [-0.25, -0.2) is 21.9 Å². The maximum Gasteiger partial charge on any atom is 0.307 e. The molecule has 25 heavy (non-hydrogen) atoms. The molecule has 0 fully saturated rings. The molecule has 0 heterocycles. The second-order valence-electron chi connectivity index (χ2n) is 5.01. The number of ether oxygens (including phenoxy) is 1. The quantitative estimate of drug-likeness (QED) is 0.739. The van der Waals surface area contributed by atoms with E-state index in [0.717, 1.165) is 18.2 Å². The van der Waals surface area contributed by atoms with Gasteiger partial charge in [0, 0.05) is 6.54 Å². The molecule has 0 bridgehead atoms. The van der Waals surface area contributed by atoms with Crippen LogP contribution in [0.3, 0.4) is 0 Å². The number of carbonyl (C=O) groups excluding carboxylic acids is 1. The van der Waals surface area contributed by atoms with Crippen LogP contribution in [0, 0.1) is 11.6 Å². The van der Waals surface area contributed by atoms with Crippen LogP contribution in [0.25, 0.3) is 0 Å². The van der Waals surface area contributed by atoms with Crippen LogP contribution in [-0.2, 0) is 26.2 Å². The molecule has 9 heteroatoms. The van der Waals surface area contributed by atoms with Gasteiger partial charge in [0.1, 0.15) is 18.2 Å². The maximum absolute atomic E-state index is 13.1. The van der Waals surface area contributed by atoms with Gasteiger partial charge < -0.3 is 4.74 Å². The number of hydrogen-bond acceptors (Lipinski definition) is 4. The minimum Gasteiger partial charge on any atom is -0.461 e. The number of nitrogens with one attached hydrogen (secondary N) is 1. The average molecular weight is 390 g/mol. The highest BCUT2D eigenvalue weighted by Crippen LogP contribution is 2.19. The number of benzene rings is 2. The third-order valence-corrected chi connectivity index (χ3v) is 4.86. The van der Waals surface area contributed by atoms with Crippen LogP contribution in [0.4, 0.5) is 8.78 Å². The van der Waals surface area contributed by atoms with Crippen LogP contribution in [0.15, 0.2) is 47.4 Å². The molecule has 0 aliphatic rings. The Balaban J connectivity index is 1.82. The lowest BCUT2D eigenvalue weighted by molar-refractivity contribution is -0.144. The van der Waals surface area contributed by atoms with Gasteiger partial charge in [0.15, 0.2) is 0 Å². The van der Waals surface area contributed by atoms with Crippen LogP contribution in [0.5, 0.6) is 0 Å². The normalized spacial score (nSPS) is 11.3. The van der Waals surface area contributed by atoms with E-state index in [1.54, 1.807) is 6.07 Å². The fourth-order valence-electron chi connectivity index (χ4n) is 1.88. The van der Waals surface area contributed by atoms with Gasteiger partial charge >= 0.3 is 5.97 Å². The number of rotatable bonds is 7. The van der Waals surface area contributed by atoms with E-state index < -0.39 is 27.6 Å². The van der Waals surface area contributed by atoms with Gasteiger partial charge in [-0.1, -0.05) is 23.7 Å². The van der Waals surface area contributed by atoms with Gasteiger partial charge in [-0.15, -0.1) is 0 Å². The average Bonchev–Trinajstić information content (AvgIpc) is 2.55. The second kappa shape index (κ2) is 8.37. The van der Waals surface area contributed by atoms with E-state index in [9.17, 15) is 22.0 Å². The third kappa shape index (κ3) is 5.77. The minimum atomic E-state index is -3.93. The summed E-state index contributed by atoms with van der Waals surface area (Å²) in [6, 6.07) is 8.55. The van der Waals surface area contributed by atoms with Crippen LogP contribution in [0.2, 0.25) is 5.02 Å². The molecule has 1 N–H and O–H groups in total. The lowest BCUT2D eigenvalue weighted by Gasteiger charge is -2.08. The molecular formula is C16H14ClF2NO4S. The molecule has 2 rings (SSSR count). The predicted molar refractivity (Wildman–Crippen MR) is 87.4 cm³/mol. The van der Waals surface area contributed by atoms with Crippen molar-refractivity contribution in [2.45, 2.75) is 17.9 Å². The first-order chi connectivity index (χ1) is 11.8. The van der Waals surface area contributed by atoms with Gasteiger partial charge in [0.05, 0.1) is 16.3 Å². The zero-order chi connectivity index (χ0) is 18.4. The SMILES string of the molecule is O=C(CCNS(=O)(=O)c1ccc(F)c(Cl)c1)OCc1cccc(F)c1. The summed E-state index contributed by atoms with van der Waals surface area (Å²) in [5, 5.41) is -0.322. The molecule has 0 atom stereocenters. The summed E-state index contributed by atoms with van der Waals surface area (Å²) in [5.74, 6) is -1.83. The van der Waals surface area contributed by atoms with E-state index in [2.05, 4.69) is 4.72 Å². The Hall–Kier alpha value is -2.03. The molecule has 134 valence electrons. The topological polar surface area (TPSA) is 72.5 Å². The molecule has 0 aliphatic carbocycles. The first-order valence-corrected chi connectivity index (χ1v) is 8.99. The summed E-state index contributed by atoms with van der Waals surface area (Å²) < 4.78 is 57.2. The number of esters is 1. The third-order valence-electron chi connectivity index (χ3n) is 3.11. The zero-order valence-corrected chi connectivity index (χ0v) is 14.4. The predicted octanol–water partition coefficient (Wildman–Crippen LogP) is 3.03. The molecule has 2 aromatic rings. The highest BCUT2D eigenvalue weighted by molar-refractivity contribution is 7.89. The first-order valence-electron chi connectivity index (χ1n) is 7.13. The van der Waals surface area contributed by atoms with Gasteiger partial charge in [0.25, 0.3) is 0 Å². The standard InChI is InChI=1S/C16H14ClF2NO4S/c17-14-9-13(4-5-15(14)19)25(22,23)20-7-6-16(21)24-10-11-2-1-3-12(18)8-11/h1-5,8-9,20H,6-7,10H2. The Morgan fingerprint density at radius 3 is 2.60 bits per heavy atom. The molecule has 0 unspecified atom stereocenters. The summed E-state index contributed by atoms with van der Waals surface area (Å²) in [6.45, 7) is -0.323. The highest BCUT2D eigenvalue weighted by Gasteiger charge is 2.16. The van der Waals surface area contributed by atoms with E-state index in [1.165, 1.54) is 18.2 Å². The van der Waals surface area contributed by atoms with Crippen molar-refractivity contribution in [3.63, 3.8) is 0 Å². The highest BCUT2D eigenvalue weighted by atomic mass is 35.5. The lowest BCUT2D eigenvalue weighted by atomic mass is 10.2. The molecular weight excluding hydrogens is 376 g/mol. The van der Waals surface area contributed by atoms with E-state index in [4.69, 9.17) is 16.3 Å². The number of halogens is 3. The maximum atomic E-state index is 13.1. The fourth-order valence-corrected chi connectivity index (χ4v) is 3.18. The van der Waals surface area contributed by atoms with Gasteiger partial charge in [0.2, 0.25) is 10.0 Å². The smallest absolute Gasteiger partial charge is 0.307 e. The fraction of sp³-hybridized carbons (Fsp3) is 0.188. The van der Waals surface area contributed by atoms with Crippen LogP contribution >= 0.6 is 11.6 Å². The lowest BCUT2D eigenvalue weighted by Crippen LogP contribution is -2.26. The van der Waals surface area contributed by atoms with Crippen molar-refractivity contribution < 1.29 is 26.7 Å². The summed E-state index contributed by atoms with van der Waals surface area (Å²) in [4.78, 5) is 11.4. The number of sulfonamides is 1. The molecule has 2 aromatic carbocycles. The largest absolute Gasteiger partial charge is 0.461 e. The summed E-state index contributed by atoms with van der Waals surface area (Å²) in [6.07, 6.45) is -0.219. The van der Waals surface area contributed by atoms with Gasteiger partial charge in [-0.05, 0) is 35.9 Å². The Kier molecular flexibility index (Phi) is 6.46. The molecule has 0 radical (unpaired) electrons. The summed E-state index contributed by atoms with van der Waals surface area (Å²) >= 11 is 5.55. The molecule has 0 aromatic heterocycles. The van der Waals surface area contributed by atoms with Gasteiger partial charge in [-0.3, -0.25) is 4.79 Å². The number of carbonyl (C=O) groups is 1. The first kappa shape index (κ1) is 19.3. The Labute approximate surface area is 148 Å². The number of hydrogen-bond donors (Lipinski definition) is 1. The van der Waals surface area contributed by atoms with Crippen molar-refractivity contribution in [1.82, 2.24) is 4.72 Å². The summed E-state index contributed by atoms with van der Waals surface area (Å²) in [7, 11) is -3.93. The minimum absolute atomic E-state index is 0.114. The molecule has 0 saturated heterocycles. The molecule has 5 nitrogen and oxygen atoms in total. The van der Waals surface area contributed by atoms with Gasteiger partial charge in [-0.2, -0.15) is 0 Å². The van der Waals surface area contributed by atoms with Crippen molar-refractivity contribution in [3.05, 3.63) is 64.7 Å². The van der Waals surface area contributed by atoms with E-state index >= 15 is 0 Å². The second-order valence-corrected chi connectivity index (χ2v) is 7.19. The zero-order valence-electron chi connectivity index (χ0n) is 12.8. The van der Waals surface area contributed by atoms with E-state index in [-0.39, 0.29) is 29.5 Å². The van der Waals surface area contributed by atoms with Crippen molar-refractivity contribution in [2.75, 3.05) is 6.54 Å². The van der Waals surface area contributed by atoms with Crippen molar-refractivity contribution in [3.8, 4) is 0 Å². The van der Waals surface area contributed by atoms with Crippen molar-refractivity contribution >= 4 is 27.6 Å². The molecule has 0 amide bonds. The van der Waals surface area contributed by atoms with Crippen LogP contribution < -0.4 is 4.72 Å².